The number of esters is 2. The molecule has 1 aromatic rings. The van der Waals surface area contributed by atoms with Crippen LogP contribution in [0.5, 0.6) is 0 Å². The quantitative estimate of drug-likeness (QED) is 0.560. The minimum absolute atomic E-state index is 0.102. The van der Waals surface area contributed by atoms with Crippen LogP contribution in [0.15, 0.2) is 30.3 Å². The molecule has 0 spiro atoms. The van der Waals surface area contributed by atoms with E-state index in [0.717, 1.165) is 5.56 Å². The van der Waals surface area contributed by atoms with E-state index in [1.807, 2.05) is 30.3 Å². The molecule has 0 radical (unpaired) electrons. The number of rotatable bonds is 6. The second-order valence-electron chi connectivity index (χ2n) is 7.71. The number of carbonyl (C=O) groups excluding carboxylic acids is 3. The topological polar surface area (TPSA) is 82.1 Å². The molecule has 0 bridgehead atoms. The van der Waals surface area contributed by atoms with Crippen molar-refractivity contribution in [3.63, 3.8) is 0 Å². The third kappa shape index (κ3) is 5.45. The third-order valence-corrected chi connectivity index (χ3v) is 4.25. The van der Waals surface area contributed by atoms with E-state index < -0.39 is 35.3 Å². The van der Waals surface area contributed by atoms with Crippen LogP contribution in [-0.2, 0) is 30.4 Å². The van der Waals surface area contributed by atoms with Gasteiger partial charge in [0, 0.05) is 7.05 Å². The fourth-order valence-electron chi connectivity index (χ4n) is 2.46. The Morgan fingerprint density at radius 2 is 1.74 bits per heavy atom. The minimum atomic E-state index is -1.07. The van der Waals surface area contributed by atoms with Gasteiger partial charge in [-0.3, -0.25) is 4.90 Å². The van der Waals surface area contributed by atoms with Gasteiger partial charge in [0.25, 0.3) is 0 Å². The van der Waals surface area contributed by atoms with Crippen LogP contribution in [0.2, 0.25) is 0 Å². The van der Waals surface area contributed by atoms with E-state index in [1.165, 1.54) is 18.9 Å². The molecule has 1 fully saturated rings. The average molecular weight is 377 g/mol. The van der Waals surface area contributed by atoms with Crippen LogP contribution in [0.1, 0.15) is 46.1 Å². The summed E-state index contributed by atoms with van der Waals surface area (Å²) < 4.78 is 15.7. The summed E-state index contributed by atoms with van der Waals surface area (Å²) in [5.74, 6) is -1.26. The summed E-state index contributed by atoms with van der Waals surface area (Å²) >= 11 is 0. The van der Waals surface area contributed by atoms with E-state index in [0.29, 0.717) is 12.8 Å². The number of hydrogen-bond acceptors (Lipinski definition) is 6. The van der Waals surface area contributed by atoms with Crippen LogP contribution in [-0.4, -0.2) is 47.2 Å². The Bertz CT molecular complexity index is 690. The van der Waals surface area contributed by atoms with E-state index in [9.17, 15) is 14.4 Å². The van der Waals surface area contributed by atoms with Crippen molar-refractivity contribution < 1.29 is 28.6 Å². The van der Waals surface area contributed by atoms with Crippen LogP contribution in [0.4, 0.5) is 4.79 Å². The fourth-order valence-corrected chi connectivity index (χ4v) is 2.46. The van der Waals surface area contributed by atoms with Gasteiger partial charge in [0.15, 0.2) is 6.10 Å². The SMILES string of the molecule is CC(OC(=O)C1(N(C)C(=O)OC(C)(C)C)CC1)C(=O)OCc1ccccc1. The van der Waals surface area contributed by atoms with Crippen molar-refractivity contribution in [3.05, 3.63) is 35.9 Å². The molecule has 1 aliphatic carbocycles. The zero-order valence-corrected chi connectivity index (χ0v) is 16.5. The second-order valence-corrected chi connectivity index (χ2v) is 7.71. The number of benzene rings is 1. The Hall–Kier alpha value is -2.57. The molecular formula is C20H27NO6. The Morgan fingerprint density at radius 3 is 2.26 bits per heavy atom. The lowest BCUT2D eigenvalue weighted by Crippen LogP contribution is -2.48. The largest absolute Gasteiger partial charge is 0.458 e. The first kappa shape index (κ1) is 20.7. The maximum Gasteiger partial charge on any atom is 0.410 e. The average Bonchev–Trinajstić information content (AvgIpc) is 3.40. The van der Waals surface area contributed by atoms with Gasteiger partial charge in [0.1, 0.15) is 17.7 Å². The van der Waals surface area contributed by atoms with Gasteiger partial charge in [-0.15, -0.1) is 0 Å². The van der Waals surface area contributed by atoms with Gasteiger partial charge in [-0.2, -0.15) is 0 Å². The molecule has 148 valence electrons. The van der Waals surface area contributed by atoms with Crippen LogP contribution in [0, 0.1) is 0 Å². The summed E-state index contributed by atoms with van der Waals surface area (Å²) in [4.78, 5) is 38.1. The monoisotopic (exact) mass is 377 g/mol. The molecule has 27 heavy (non-hydrogen) atoms. The summed E-state index contributed by atoms with van der Waals surface area (Å²) in [6.45, 7) is 6.81. The van der Waals surface area contributed by atoms with E-state index in [2.05, 4.69) is 0 Å². The lowest BCUT2D eigenvalue weighted by atomic mass is 10.2. The second kappa shape index (κ2) is 7.98. The van der Waals surface area contributed by atoms with Gasteiger partial charge >= 0.3 is 18.0 Å². The van der Waals surface area contributed by atoms with Crippen molar-refractivity contribution in [2.45, 2.75) is 64.4 Å². The highest BCUT2D eigenvalue weighted by molar-refractivity contribution is 5.90. The molecule has 2 rings (SSSR count). The summed E-state index contributed by atoms with van der Waals surface area (Å²) in [5.41, 5.74) is -0.899. The van der Waals surface area contributed by atoms with Gasteiger partial charge in [-0.05, 0) is 46.1 Å². The van der Waals surface area contributed by atoms with Gasteiger partial charge in [0.2, 0.25) is 0 Å². The molecule has 7 heteroatoms. The maximum atomic E-state index is 12.5. The molecule has 0 aliphatic heterocycles. The Balaban J connectivity index is 1.89. The molecule has 1 unspecified atom stereocenters. The molecule has 0 aromatic heterocycles. The molecule has 1 aliphatic rings. The smallest absolute Gasteiger partial charge is 0.410 e. The summed E-state index contributed by atoms with van der Waals surface area (Å²) in [5, 5.41) is 0. The van der Waals surface area contributed by atoms with E-state index in [1.54, 1.807) is 20.8 Å². The van der Waals surface area contributed by atoms with Crippen LogP contribution in [0.25, 0.3) is 0 Å². The molecule has 1 atom stereocenters. The van der Waals surface area contributed by atoms with Gasteiger partial charge in [-0.25, -0.2) is 14.4 Å². The number of nitrogens with zero attached hydrogens (tertiary/aromatic N) is 1. The molecule has 1 amide bonds. The highest BCUT2D eigenvalue weighted by Crippen LogP contribution is 2.43. The van der Waals surface area contributed by atoms with E-state index >= 15 is 0 Å². The first-order chi connectivity index (χ1) is 12.5. The minimum Gasteiger partial charge on any atom is -0.458 e. The van der Waals surface area contributed by atoms with Gasteiger partial charge < -0.3 is 14.2 Å². The number of amides is 1. The van der Waals surface area contributed by atoms with Crippen LogP contribution in [0.3, 0.4) is 0 Å². The molecule has 7 nitrogen and oxygen atoms in total. The Morgan fingerprint density at radius 1 is 1.15 bits per heavy atom. The van der Waals surface area contributed by atoms with Crippen molar-refractivity contribution in [1.82, 2.24) is 4.90 Å². The molecule has 0 heterocycles. The molecule has 1 saturated carbocycles. The van der Waals surface area contributed by atoms with Crippen molar-refractivity contribution in [3.8, 4) is 0 Å². The number of likely N-dealkylation sites (N-methyl/N-ethyl adjacent to an activating group) is 1. The number of ether oxygens (including phenoxy) is 3. The Labute approximate surface area is 159 Å². The van der Waals surface area contributed by atoms with E-state index in [4.69, 9.17) is 14.2 Å². The molecule has 1 aromatic carbocycles. The number of carbonyl (C=O) groups is 3. The maximum absolute atomic E-state index is 12.5. The van der Waals surface area contributed by atoms with Gasteiger partial charge in [0.05, 0.1) is 0 Å². The summed E-state index contributed by atoms with van der Waals surface area (Å²) in [6, 6.07) is 9.22. The Kier molecular flexibility index (Phi) is 6.13. The molecule has 0 N–H and O–H groups in total. The predicted octanol–water partition coefficient (Wildman–Crippen LogP) is 3.06. The summed E-state index contributed by atoms with van der Waals surface area (Å²) in [7, 11) is 1.50. The highest BCUT2D eigenvalue weighted by Gasteiger charge is 2.58. The van der Waals surface area contributed by atoms with Crippen molar-refractivity contribution in [2.75, 3.05) is 7.05 Å². The molecular weight excluding hydrogens is 350 g/mol. The summed E-state index contributed by atoms with van der Waals surface area (Å²) in [6.07, 6.45) is -0.734. The van der Waals surface area contributed by atoms with E-state index in [-0.39, 0.29) is 6.61 Å². The molecule has 0 saturated heterocycles. The van der Waals surface area contributed by atoms with Crippen LogP contribution < -0.4 is 0 Å². The van der Waals surface area contributed by atoms with Crippen molar-refractivity contribution in [1.29, 1.82) is 0 Å². The lowest BCUT2D eigenvalue weighted by molar-refractivity contribution is -0.171. The number of hydrogen-bond donors (Lipinski definition) is 0. The standard InChI is InChI=1S/C20H27NO6/c1-14(16(22)25-13-15-9-7-6-8-10-15)26-17(23)20(11-12-20)21(5)18(24)27-19(2,3)4/h6-10,14H,11-13H2,1-5H3. The van der Waals surface area contributed by atoms with Crippen molar-refractivity contribution in [2.24, 2.45) is 0 Å². The fraction of sp³-hybridized carbons (Fsp3) is 0.550. The zero-order chi connectivity index (χ0) is 20.2. The van der Waals surface area contributed by atoms with Crippen LogP contribution >= 0.6 is 0 Å². The predicted molar refractivity (Wildman–Crippen MR) is 97.8 cm³/mol. The lowest BCUT2D eigenvalue weighted by Gasteiger charge is -2.30. The van der Waals surface area contributed by atoms with Gasteiger partial charge in [-0.1, -0.05) is 30.3 Å². The highest BCUT2D eigenvalue weighted by atomic mass is 16.6. The normalized spacial score (nSPS) is 16.0. The first-order valence-electron chi connectivity index (χ1n) is 8.94. The first-order valence-corrected chi connectivity index (χ1v) is 8.94. The third-order valence-electron chi connectivity index (χ3n) is 4.25. The zero-order valence-electron chi connectivity index (χ0n) is 16.5. The van der Waals surface area contributed by atoms with Crippen molar-refractivity contribution >= 4 is 18.0 Å².